The number of hydrogen-bond acceptors (Lipinski definition) is 8. The summed E-state index contributed by atoms with van der Waals surface area (Å²) in [5.74, 6) is 0.839. The maximum Gasteiger partial charge on any atom is 0.262 e. The van der Waals surface area contributed by atoms with Crippen LogP contribution in [0.3, 0.4) is 0 Å². The van der Waals surface area contributed by atoms with Crippen molar-refractivity contribution in [1.29, 1.82) is 5.26 Å². The van der Waals surface area contributed by atoms with E-state index in [1.165, 1.54) is 6.33 Å². The van der Waals surface area contributed by atoms with E-state index in [2.05, 4.69) is 20.3 Å². The summed E-state index contributed by atoms with van der Waals surface area (Å²) < 4.78 is 6.68. The van der Waals surface area contributed by atoms with Crippen molar-refractivity contribution in [1.82, 2.24) is 19.5 Å². The Morgan fingerprint density at radius 1 is 1.41 bits per heavy atom. The van der Waals surface area contributed by atoms with Gasteiger partial charge in [0.2, 0.25) is 0 Å². The second kappa shape index (κ2) is 8.86. The SMILES string of the molecule is COCCCn1c([C@H](C)Nc2ncnc(N)c2C#N)nc2cccc(Cl)c2c1=O. The first-order valence-corrected chi connectivity index (χ1v) is 9.30. The topological polar surface area (TPSA) is 132 Å². The first-order valence-electron chi connectivity index (χ1n) is 8.93. The summed E-state index contributed by atoms with van der Waals surface area (Å²) in [5.41, 5.74) is 6.16. The monoisotopic (exact) mass is 413 g/mol. The molecule has 0 saturated heterocycles. The molecule has 1 aromatic carbocycles. The average Bonchev–Trinajstić information content (AvgIpc) is 2.69. The minimum absolute atomic E-state index is 0.0768. The fourth-order valence-electron chi connectivity index (χ4n) is 3.04. The van der Waals surface area contributed by atoms with E-state index in [0.29, 0.717) is 41.3 Å². The van der Waals surface area contributed by atoms with Crippen LogP contribution in [0, 0.1) is 11.3 Å². The molecule has 0 spiro atoms. The second-order valence-corrected chi connectivity index (χ2v) is 6.77. The number of aromatic nitrogens is 4. The van der Waals surface area contributed by atoms with Crippen molar-refractivity contribution in [2.75, 3.05) is 24.8 Å². The molecule has 10 heteroatoms. The molecule has 3 rings (SSSR count). The summed E-state index contributed by atoms with van der Waals surface area (Å²) in [6.07, 6.45) is 1.89. The molecule has 0 saturated carbocycles. The fourth-order valence-corrected chi connectivity index (χ4v) is 3.29. The Labute approximate surface area is 172 Å². The normalized spacial score (nSPS) is 11.9. The Bertz CT molecular complexity index is 1140. The van der Waals surface area contributed by atoms with Crippen molar-refractivity contribution < 1.29 is 4.74 Å². The van der Waals surface area contributed by atoms with Gasteiger partial charge in [0, 0.05) is 20.3 Å². The van der Waals surface area contributed by atoms with Crippen molar-refractivity contribution in [3.63, 3.8) is 0 Å². The van der Waals surface area contributed by atoms with E-state index in [9.17, 15) is 10.1 Å². The molecule has 3 N–H and O–H groups in total. The van der Waals surface area contributed by atoms with E-state index in [4.69, 9.17) is 22.1 Å². The van der Waals surface area contributed by atoms with Gasteiger partial charge in [-0.15, -0.1) is 0 Å². The number of nitrogens with one attached hydrogen (secondary N) is 1. The molecule has 150 valence electrons. The summed E-state index contributed by atoms with van der Waals surface area (Å²) in [5, 5.41) is 13.2. The lowest BCUT2D eigenvalue weighted by Crippen LogP contribution is -2.29. The van der Waals surface area contributed by atoms with Crippen LogP contribution in [-0.4, -0.2) is 33.2 Å². The van der Waals surface area contributed by atoms with Gasteiger partial charge >= 0.3 is 0 Å². The number of rotatable bonds is 7. The van der Waals surface area contributed by atoms with Crippen LogP contribution >= 0.6 is 11.6 Å². The van der Waals surface area contributed by atoms with Gasteiger partial charge in [0.25, 0.3) is 5.56 Å². The van der Waals surface area contributed by atoms with Crippen LogP contribution < -0.4 is 16.6 Å². The number of ether oxygens (including phenoxy) is 1. The smallest absolute Gasteiger partial charge is 0.262 e. The highest BCUT2D eigenvalue weighted by molar-refractivity contribution is 6.35. The molecule has 29 heavy (non-hydrogen) atoms. The lowest BCUT2D eigenvalue weighted by Gasteiger charge is -2.20. The first-order chi connectivity index (χ1) is 14.0. The summed E-state index contributed by atoms with van der Waals surface area (Å²) >= 11 is 6.25. The van der Waals surface area contributed by atoms with Crippen LogP contribution in [0.4, 0.5) is 11.6 Å². The van der Waals surface area contributed by atoms with Crippen LogP contribution in [0.2, 0.25) is 5.02 Å². The van der Waals surface area contributed by atoms with Gasteiger partial charge in [0.1, 0.15) is 35.4 Å². The van der Waals surface area contributed by atoms with E-state index < -0.39 is 6.04 Å². The molecule has 0 unspecified atom stereocenters. The molecule has 0 bridgehead atoms. The molecule has 1 atom stereocenters. The summed E-state index contributed by atoms with van der Waals surface area (Å²) in [4.78, 5) is 25.8. The molecule has 0 aliphatic rings. The average molecular weight is 414 g/mol. The maximum atomic E-state index is 13.2. The summed E-state index contributed by atoms with van der Waals surface area (Å²) in [7, 11) is 1.60. The third-order valence-corrected chi connectivity index (χ3v) is 4.74. The highest BCUT2D eigenvalue weighted by atomic mass is 35.5. The molecular weight excluding hydrogens is 394 g/mol. The number of nitrogen functional groups attached to an aromatic ring is 1. The van der Waals surface area contributed by atoms with E-state index >= 15 is 0 Å². The second-order valence-electron chi connectivity index (χ2n) is 6.37. The molecule has 0 radical (unpaired) electrons. The van der Waals surface area contributed by atoms with Crippen LogP contribution in [-0.2, 0) is 11.3 Å². The molecule has 0 amide bonds. The Morgan fingerprint density at radius 3 is 2.93 bits per heavy atom. The molecule has 9 nitrogen and oxygen atoms in total. The van der Waals surface area contributed by atoms with E-state index in [-0.39, 0.29) is 22.8 Å². The minimum atomic E-state index is -0.449. The van der Waals surface area contributed by atoms with Gasteiger partial charge in [-0.1, -0.05) is 17.7 Å². The van der Waals surface area contributed by atoms with Gasteiger partial charge in [0.05, 0.1) is 22.0 Å². The maximum absolute atomic E-state index is 13.2. The lowest BCUT2D eigenvalue weighted by molar-refractivity contribution is 0.189. The van der Waals surface area contributed by atoms with Crippen molar-refractivity contribution in [2.45, 2.75) is 25.9 Å². The quantitative estimate of drug-likeness (QED) is 0.564. The predicted octanol–water partition coefficient (Wildman–Crippen LogP) is 2.50. The number of halogens is 1. The molecule has 2 heterocycles. The Hall–Kier alpha value is -3.22. The van der Waals surface area contributed by atoms with Crippen molar-refractivity contribution in [3.05, 3.63) is 51.3 Å². The zero-order valence-electron chi connectivity index (χ0n) is 16.0. The van der Waals surface area contributed by atoms with Gasteiger partial charge in [-0.3, -0.25) is 9.36 Å². The molecule has 0 fully saturated rings. The van der Waals surface area contributed by atoms with Gasteiger partial charge in [0.15, 0.2) is 0 Å². The zero-order valence-corrected chi connectivity index (χ0v) is 16.8. The Balaban J connectivity index is 2.09. The number of fused-ring (bicyclic) bond motifs is 1. The largest absolute Gasteiger partial charge is 0.385 e. The van der Waals surface area contributed by atoms with E-state index in [0.717, 1.165) is 0 Å². The number of hydrogen-bond donors (Lipinski definition) is 2. The van der Waals surface area contributed by atoms with Gasteiger partial charge in [-0.25, -0.2) is 15.0 Å². The Kier molecular flexibility index (Phi) is 6.26. The third-order valence-electron chi connectivity index (χ3n) is 4.42. The number of nitriles is 1. The van der Waals surface area contributed by atoms with Crippen LogP contribution in [0.1, 0.15) is 30.8 Å². The van der Waals surface area contributed by atoms with Crippen LogP contribution in [0.15, 0.2) is 29.3 Å². The highest BCUT2D eigenvalue weighted by Gasteiger charge is 2.20. The number of nitrogens with two attached hydrogens (primary N) is 1. The molecular formula is C19H20ClN7O2. The van der Waals surface area contributed by atoms with Crippen molar-refractivity contribution in [3.8, 4) is 6.07 Å². The standard InChI is InChI=1S/C19H20ClN7O2/c1-11(25-17-12(9-21)16(22)23-10-24-17)18-26-14-6-3-5-13(20)15(14)19(28)27(18)7-4-8-29-2/h3,5-6,10-11H,4,7-8H2,1-2H3,(H3,22,23,24,25)/t11-/m0/s1. The molecule has 0 aliphatic carbocycles. The fraction of sp³-hybridized carbons (Fsp3) is 0.316. The van der Waals surface area contributed by atoms with Crippen molar-refractivity contribution >= 4 is 34.1 Å². The van der Waals surface area contributed by atoms with Gasteiger partial charge in [-0.2, -0.15) is 5.26 Å². The van der Waals surface area contributed by atoms with E-state index in [1.807, 2.05) is 13.0 Å². The van der Waals surface area contributed by atoms with Crippen LogP contribution in [0.25, 0.3) is 10.9 Å². The number of methoxy groups -OCH3 is 1. The summed E-state index contributed by atoms with van der Waals surface area (Å²) in [6.45, 7) is 2.72. The van der Waals surface area contributed by atoms with E-state index in [1.54, 1.807) is 29.9 Å². The highest BCUT2D eigenvalue weighted by Crippen LogP contribution is 2.24. The van der Waals surface area contributed by atoms with Crippen molar-refractivity contribution in [2.24, 2.45) is 0 Å². The van der Waals surface area contributed by atoms with Crippen LogP contribution in [0.5, 0.6) is 0 Å². The summed E-state index contributed by atoms with van der Waals surface area (Å²) in [6, 6.07) is 6.69. The minimum Gasteiger partial charge on any atom is -0.385 e. The zero-order chi connectivity index (χ0) is 21.0. The first kappa shape index (κ1) is 20.5. The van der Waals surface area contributed by atoms with Gasteiger partial charge < -0.3 is 15.8 Å². The van der Waals surface area contributed by atoms with Gasteiger partial charge in [-0.05, 0) is 25.5 Å². The molecule has 3 aromatic rings. The molecule has 0 aliphatic heterocycles. The Morgan fingerprint density at radius 2 is 2.21 bits per heavy atom. The number of nitrogens with zero attached hydrogens (tertiary/aromatic N) is 5. The predicted molar refractivity (Wildman–Crippen MR) is 111 cm³/mol. The molecule has 2 aromatic heterocycles. The number of anilines is 2. The lowest BCUT2D eigenvalue weighted by atomic mass is 10.2. The number of benzene rings is 1. The third kappa shape index (κ3) is 4.13.